The molecule has 0 fully saturated rings. The van der Waals surface area contributed by atoms with Crippen LogP contribution in [0.3, 0.4) is 0 Å². The topological polar surface area (TPSA) is 150 Å². The lowest BCUT2D eigenvalue weighted by Crippen LogP contribution is -2.42. The van der Waals surface area contributed by atoms with Gasteiger partial charge < -0.3 is 29.6 Å². The van der Waals surface area contributed by atoms with Gasteiger partial charge in [0, 0.05) is 36.3 Å². The molecule has 11 nitrogen and oxygen atoms in total. The van der Waals surface area contributed by atoms with E-state index in [9.17, 15) is 18.0 Å². The summed E-state index contributed by atoms with van der Waals surface area (Å²) in [6.07, 6.45) is 1.01. The second kappa shape index (κ2) is 9.61. The minimum Gasteiger partial charge on any atom is -0.493 e. The van der Waals surface area contributed by atoms with E-state index >= 15 is 0 Å². The number of hydrogen-bond donors (Lipinski definition) is 2. The summed E-state index contributed by atoms with van der Waals surface area (Å²) in [6, 6.07) is 7.11. The van der Waals surface area contributed by atoms with Crippen LogP contribution in [-0.4, -0.2) is 57.3 Å². The molecular weight excluding hydrogens is 466 g/mol. The number of fused-ring (bicyclic) bond motifs is 1. The summed E-state index contributed by atoms with van der Waals surface area (Å²) in [5.74, 6) is -2.10. The molecule has 0 spiro atoms. The minimum absolute atomic E-state index is 0.103. The Morgan fingerprint density at radius 3 is 2.21 bits per heavy atom. The first-order valence-electron chi connectivity index (χ1n) is 9.96. The van der Waals surface area contributed by atoms with Crippen molar-refractivity contribution >= 4 is 38.5 Å². The van der Waals surface area contributed by atoms with Crippen molar-refractivity contribution in [2.24, 2.45) is 12.8 Å². The number of ether oxygens (including phenoxy) is 3. The van der Waals surface area contributed by atoms with Crippen molar-refractivity contribution in [2.45, 2.75) is 17.4 Å². The molecule has 34 heavy (non-hydrogen) atoms. The summed E-state index contributed by atoms with van der Waals surface area (Å²) in [6.45, 7) is 0. The third-order valence-corrected chi connectivity index (χ3v) is 6.96. The van der Waals surface area contributed by atoms with E-state index < -0.39 is 34.4 Å². The molecule has 3 N–H and O–H groups in total. The average molecular weight is 492 g/mol. The van der Waals surface area contributed by atoms with E-state index in [2.05, 4.69) is 0 Å². The van der Waals surface area contributed by atoms with E-state index in [1.807, 2.05) is 11.6 Å². The Morgan fingerprint density at radius 1 is 1.06 bits per heavy atom. The normalized spacial score (nSPS) is 12.3. The summed E-state index contributed by atoms with van der Waals surface area (Å²) in [7, 11) is 1.37. The van der Waals surface area contributed by atoms with Gasteiger partial charge in [-0.25, -0.2) is 12.7 Å². The molecule has 0 aliphatic rings. The number of sulfonamides is 1. The third kappa shape index (κ3) is 4.50. The van der Waals surface area contributed by atoms with Crippen LogP contribution < -0.4 is 24.2 Å². The maximum absolute atomic E-state index is 13.7. The molecule has 1 aromatic heterocycles. The predicted molar refractivity (Wildman–Crippen MR) is 124 cm³/mol. The highest BCUT2D eigenvalue weighted by molar-refractivity contribution is 7.93. The number of rotatable bonds is 9. The molecule has 1 atom stereocenters. The number of anilines is 1. The SMILES string of the molecule is COc1cc(N(C(=O)C[C@H](N)C(=O)O)S(=O)(=O)c2ccc3c(ccn3C)c2)cc(OC)c1OC. The van der Waals surface area contributed by atoms with Crippen LogP contribution in [0.2, 0.25) is 0 Å². The Kier molecular flexibility index (Phi) is 7.03. The van der Waals surface area contributed by atoms with E-state index in [1.54, 1.807) is 18.3 Å². The number of aryl methyl sites for hydroxylation is 1. The molecule has 2 aromatic carbocycles. The van der Waals surface area contributed by atoms with Crippen molar-refractivity contribution < 1.29 is 37.3 Å². The van der Waals surface area contributed by atoms with Gasteiger partial charge in [0.2, 0.25) is 11.7 Å². The smallest absolute Gasteiger partial charge is 0.321 e. The van der Waals surface area contributed by atoms with Gasteiger partial charge >= 0.3 is 5.97 Å². The lowest BCUT2D eigenvalue weighted by atomic mass is 10.2. The molecule has 3 rings (SSSR count). The predicted octanol–water partition coefficient (Wildman–Crippen LogP) is 1.73. The second-order valence-electron chi connectivity index (χ2n) is 7.34. The van der Waals surface area contributed by atoms with Crippen molar-refractivity contribution in [1.82, 2.24) is 4.57 Å². The van der Waals surface area contributed by atoms with Crippen LogP contribution >= 0.6 is 0 Å². The lowest BCUT2D eigenvalue weighted by molar-refractivity contribution is -0.140. The first kappa shape index (κ1) is 24.9. The van der Waals surface area contributed by atoms with Crippen molar-refractivity contribution in [3.8, 4) is 17.2 Å². The Labute approximate surface area is 196 Å². The van der Waals surface area contributed by atoms with Crippen LogP contribution in [0, 0.1) is 0 Å². The summed E-state index contributed by atoms with van der Waals surface area (Å²) in [5.41, 5.74) is 6.19. The average Bonchev–Trinajstić information content (AvgIpc) is 3.18. The van der Waals surface area contributed by atoms with Gasteiger partial charge in [0.05, 0.1) is 38.3 Å². The molecular formula is C22H25N3O8S. The van der Waals surface area contributed by atoms with E-state index in [-0.39, 0.29) is 27.8 Å². The van der Waals surface area contributed by atoms with E-state index in [1.165, 1.54) is 45.6 Å². The van der Waals surface area contributed by atoms with Gasteiger partial charge in [-0.3, -0.25) is 9.59 Å². The van der Waals surface area contributed by atoms with Gasteiger partial charge in [0.25, 0.3) is 10.0 Å². The molecule has 3 aromatic rings. The van der Waals surface area contributed by atoms with Crippen LogP contribution in [-0.2, 0) is 26.7 Å². The van der Waals surface area contributed by atoms with Crippen molar-refractivity contribution in [3.05, 3.63) is 42.6 Å². The molecule has 0 saturated carbocycles. The minimum atomic E-state index is -4.50. The molecule has 0 aliphatic carbocycles. The van der Waals surface area contributed by atoms with Crippen LogP contribution in [0.5, 0.6) is 17.2 Å². The number of methoxy groups -OCH3 is 3. The number of carboxylic acid groups (broad SMARTS) is 1. The van der Waals surface area contributed by atoms with Crippen LogP contribution in [0.15, 0.2) is 47.5 Å². The van der Waals surface area contributed by atoms with Crippen molar-refractivity contribution in [1.29, 1.82) is 0 Å². The molecule has 0 aliphatic heterocycles. The number of nitrogens with two attached hydrogens (primary N) is 1. The third-order valence-electron chi connectivity index (χ3n) is 5.22. The van der Waals surface area contributed by atoms with E-state index in [4.69, 9.17) is 25.1 Å². The zero-order valence-corrected chi connectivity index (χ0v) is 19.8. The molecule has 182 valence electrons. The highest BCUT2D eigenvalue weighted by Gasteiger charge is 2.34. The molecule has 1 heterocycles. The lowest BCUT2D eigenvalue weighted by Gasteiger charge is -2.25. The van der Waals surface area contributed by atoms with E-state index in [0.29, 0.717) is 9.69 Å². The highest BCUT2D eigenvalue weighted by Crippen LogP contribution is 2.42. The fourth-order valence-corrected chi connectivity index (χ4v) is 4.94. The number of aliphatic carboxylic acids is 1. The fraction of sp³-hybridized carbons (Fsp3) is 0.273. The largest absolute Gasteiger partial charge is 0.493 e. The molecule has 0 unspecified atom stereocenters. The number of aromatic nitrogens is 1. The maximum Gasteiger partial charge on any atom is 0.321 e. The molecule has 0 bridgehead atoms. The number of carbonyl (C=O) groups is 2. The Bertz CT molecular complexity index is 1320. The summed E-state index contributed by atoms with van der Waals surface area (Å²) in [4.78, 5) is 24.3. The Morgan fingerprint density at radius 2 is 1.68 bits per heavy atom. The van der Waals surface area contributed by atoms with Gasteiger partial charge in [0.15, 0.2) is 11.5 Å². The van der Waals surface area contributed by atoms with Gasteiger partial charge in [-0.05, 0) is 24.3 Å². The number of nitrogens with zero attached hydrogens (tertiary/aromatic N) is 2. The maximum atomic E-state index is 13.7. The summed E-state index contributed by atoms with van der Waals surface area (Å²) >= 11 is 0. The van der Waals surface area contributed by atoms with Crippen LogP contribution in [0.4, 0.5) is 5.69 Å². The first-order valence-corrected chi connectivity index (χ1v) is 11.4. The van der Waals surface area contributed by atoms with Gasteiger partial charge in [-0.15, -0.1) is 0 Å². The molecule has 1 amide bonds. The summed E-state index contributed by atoms with van der Waals surface area (Å²) < 4.78 is 45.6. The molecule has 12 heteroatoms. The molecule has 0 saturated heterocycles. The number of carboxylic acids is 1. The second-order valence-corrected chi connectivity index (χ2v) is 9.13. The van der Waals surface area contributed by atoms with Crippen molar-refractivity contribution in [2.75, 3.05) is 25.6 Å². The monoisotopic (exact) mass is 491 g/mol. The number of carbonyl (C=O) groups excluding carboxylic acids is 1. The Balaban J connectivity index is 2.22. The van der Waals surface area contributed by atoms with Gasteiger partial charge in [-0.2, -0.15) is 0 Å². The fourth-order valence-electron chi connectivity index (χ4n) is 3.49. The molecule has 0 radical (unpaired) electrons. The standard InChI is InChI=1S/C22H25N3O8S/c1-24-8-7-13-9-15(5-6-17(13)24)34(29,30)25(20(26)12-16(23)22(27)28)14-10-18(31-2)21(33-4)19(11-14)32-3/h5-11,16H,12,23H2,1-4H3,(H,27,28)/t16-/m0/s1. The zero-order valence-electron chi connectivity index (χ0n) is 19.0. The van der Waals surface area contributed by atoms with Crippen LogP contribution in [0.1, 0.15) is 6.42 Å². The number of benzene rings is 2. The van der Waals surface area contributed by atoms with Crippen molar-refractivity contribution in [3.63, 3.8) is 0 Å². The number of amides is 1. The van der Waals surface area contributed by atoms with Gasteiger partial charge in [0.1, 0.15) is 6.04 Å². The number of hydrogen-bond acceptors (Lipinski definition) is 8. The Hall–Kier alpha value is -3.77. The quantitative estimate of drug-likeness (QED) is 0.456. The zero-order chi connectivity index (χ0) is 25.2. The first-order chi connectivity index (χ1) is 16.0. The van der Waals surface area contributed by atoms with Crippen LogP contribution in [0.25, 0.3) is 10.9 Å². The van der Waals surface area contributed by atoms with Gasteiger partial charge in [-0.1, -0.05) is 0 Å². The summed E-state index contributed by atoms with van der Waals surface area (Å²) in [5, 5.41) is 9.79. The highest BCUT2D eigenvalue weighted by atomic mass is 32.2. The van der Waals surface area contributed by atoms with E-state index in [0.717, 1.165) is 5.52 Å².